The molecule has 3 atom stereocenters. The highest BCUT2D eigenvalue weighted by atomic mass is 19.4. The van der Waals surface area contributed by atoms with Crippen LogP contribution in [0.25, 0.3) is 5.69 Å². The second kappa shape index (κ2) is 10.2. The van der Waals surface area contributed by atoms with Crippen LogP contribution >= 0.6 is 0 Å². The van der Waals surface area contributed by atoms with Crippen molar-refractivity contribution in [2.75, 3.05) is 44.6 Å². The summed E-state index contributed by atoms with van der Waals surface area (Å²) in [6.07, 6.45) is -3.31. The lowest BCUT2D eigenvalue weighted by Gasteiger charge is -2.37. The number of nitrogens with one attached hydrogen (secondary N) is 1. The molecule has 1 aromatic carbocycles. The molecule has 11 nitrogen and oxygen atoms in total. The Bertz CT molecular complexity index is 1350. The van der Waals surface area contributed by atoms with E-state index in [2.05, 4.69) is 15.2 Å². The first-order valence-corrected chi connectivity index (χ1v) is 13.1. The Labute approximate surface area is 228 Å². The quantitative estimate of drug-likeness (QED) is 0.495. The van der Waals surface area contributed by atoms with Gasteiger partial charge in [0.05, 0.1) is 16.8 Å². The van der Waals surface area contributed by atoms with Crippen LogP contribution in [0, 0.1) is 11.8 Å². The lowest BCUT2D eigenvalue weighted by molar-refractivity contribution is -0.138. The largest absolute Gasteiger partial charge is 0.416 e. The molecule has 0 radical (unpaired) electrons. The van der Waals surface area contributed by atoms with Crippen molar-refractivity contribution in [3.8, 4) is 5.69 Å². The minimum absolute atomic E-state index is 0.0323. The Hall–Kier alpha value is -3.49. The number of carbonyl (C=O) groups is 2. The summed E-state index contributed by atoms with van der Waals surface area (Å²) < 4.78 is 42.1. The van der Waals surface area contributed by atoms with E-state index in [1.165, 1.54) is 17.2 Å². The average Bonchev–Trinajstić information content (AvgIpc) is 3.26. The van der Waals surface area contributed by atoms with Crippen LogP contribution in [0.5, 0.6) is 0 Å². The van der Waals surface area contributed by atoms with E-state index in [-0.39, 0.29) is 36.5 Å². The molecule has 1 unspecified atom stereocenters. The Balaban J connectivity index is 1.27. The predicted octanol–water partition coefficient (Wildman–Crippen LogP) is 1.05. The average molecular weight is 563 g/mol. The number of urea groups is 1. The molecule has 1 aliphatic carbocycles. The number of anilines is 1. The van der Waals surface area contributed by atoms with Gasteiger partial charge in [-0.3, -0.25) is 19.6 Å². The van der Waals surface area contributed by atoms with Crippen molar-refractivity contribution in [3.05, 3.63) is 52.1 Å². The van der Waals surface area contributed by atoms with E-state index in [4.69, 9.17) is 11.5 Å². The van der Waals surface area contributed by atoms with Crippen LogP contribution in [0.1, 0.15) is 25.0 Å². The van der Waals surface area contributed by atoms with Crippen LogP contribution in [-0.2, 0) is 17.5 Å². The summed E-state index contributed by atoms with van der Waals surface area (Å²) in [7, 11) is 0. The molecule has 5 rings (SSSR count). The molecule has 3 heterocycles. The van der Waals surface area contributed by atoms with E-state index in [0.29, 0.717) is 37.0 Å². The Morgan fingerprint density at radius 1 is 1.05 bits per heavy atom. The topological polar surface area (TPSA) is 143 Å². The van der Waals surface area contributed by atoms with Gasteiger partial charge in [-0.15, -0.1) is 0 Å². The number of aromatic nitrogens is 2. The van der Waals surface area contributed by atoms with E-state index < -0.39 is 29.0 Å². The highest BCUT2D eigenvalue weighted by Crippen LogP contribution is 2.44. The van der Waals surface area contributed by atoms with Crippen molar-refractivity contribution in [3.63, 3.8) is 0 Å². The van der Waals surface area contributed by atoms with Crippen LogP contribution in [-0.4, -0.2) is 87.0 Å². The number of rotatable bonds is 5. The molecular weight excluding hydrogens is 529 g/mol. The number of fused-ring (bicyclic) bond motifs is 1. The Morgan fingerprint density at radius 3 is 2.25 bits per heavy atom. The lowest BCUT2D eigenvalue weighted by Crippen LogP contribution is -2.58. The fourth-order valence-corrected chi connectivity index (χ4v) is 5.49. The molecule has 14 heteroatoms. The molecule has 40 heavy (non-hydrogen) atoms. The Kier molecular flexibility index (Phi) is 7.13. The van der Waals surface area contributed by atoms with Gasteiger partial charge in [0, 0.05) is 58.1 Å². The number of carbonyl (C=O) groups excluding carboxylic acids is 2. The Morgan fingerprint density at radius 2 is 1.68 bits per heavy atom. The maximum atomic E-state index is 13.7. The summed E-state index contributed by atoms with van der Waals surface area (Å²) >= 11 is 0. The zero-order chi connectivity index (χ0) is 29.0. The van der Waals surface area contributed by atoms with Crippen LogP contribution in [0.15, 0.2) is 35.3 Å². The van der Waals surface area contributed by atoms with Crippen LogP contribution in [0.2, 0.25) is 0 Å². The first-order chi connectivity index (χ1) is 18.7. The highest BCUT2D eigenvalue weighted by molar-refractivity contribution is 5.89. The summed E-state index contributed by atoms with van der Waals surface area (Å²) in [5, 5.41) is 2.55. The first-order valence-electron chi connectivity index (χ1n) is 13.1. The zero-order valence-electron chi connectivity index (χ0n) is 22.3. The molecule has 0 bridgehead atoms. The summed E-state index contributed by atoms with van der Waals surface area (Å²) in [5.41, 5.74) is 9.60. The number of nitrogens with zero attached hydrogens (tertiary/aromatic N) is 5. The standard InChI is InChI=1S/C26H33F3N8O3/c1-25(2,31)22(38)35-5-7-36(8-6-35)23(39)32-20-3-4-37(24(40)33-20)17-10-15(9-16(11-17)26(27,28)29)12-34-13-18-19(14-34)21(18)30/h3-4,9-11,18-19,21H,5-8,12-14,30-31H2,1-2H3,(H,32,33,39,40)/t18-,19+,21?. The minimum atomic E-state index is -4.60. The zero-order valence-corrected chi connectivity index (χ0v) is 22.3. The fraction of sp³-hybridized carbons (Fsp3) is 0.538. The van der Waals surface area contributed by atoms with Gasteiger partial charge in [0.1, 0.15) is 5.82 Å². The first kappa shape index (κ1) is 28.1. The number of alkyl halides is 3. The SMILES string of the molecule is CC(C)(N)C(=O)N1CCN(C(=O)Nc2ccn(-c3cc(CN4C[C@@H]5C(N)[C@@H]5C4)cc(C(F)(F)F)c3)c(=O)n2)CC1. The van der Waals surface area contributed by atoms with Crippen molar-refractivity contribution in [1.82, 2.24) is 24.3 Å². The second-order valence-electron chi connectivity index (χ2n) is 11.4. The molecule has 3 aliphatic rings. The summed E-state index contributed by atoms with van der Waals surface area (Å²) in [6, 6.07) is 4.58. The number of nitrogens with two attached hydrogens (primary N) is 2. The number of piperazine rings is 1. The molecule has 2 aliphatic heterocycles. The smallest absolute Gasteiger partial charge is 0.338 e. The third kappa shape index (κ3) is 5.83. The van der Waals surface area contributed by atoms with Gasteiger partial charge < -0.3 is 21.3 Å². The summed E-state index contributed by atoms with van der Waals surface area (Å²) in [6.45, 7) is 6.19. The number of piperidine rings is 1. The molecule has 3 fully saturated rings. The van der Waals surface area contributed by atoms with Crippen molar-refractivity contribution >= 4 is 17.8 Å². The van der Waals surface area contributed by atoms with Gasteiger partial charge in [0.2, 0.25) is 5.91 Å². The monoisotopic (exact) mass is 562 g/mol. The number of halogens is 3. The van der Waals surface area contributed by atoms with Crippen molar-refractivity contribution in [2.24, 2.45) is 23.3 Å². The number of hydrogen-bond donors (Lipinski definition) is 3. The number of benzene rings is 1. The van der Waals surface area contributed by atoms with E-state index in [1.54, 1.807) is 24.8 Å². The molecule has 5 N–H and O–H groups in total. The van der Waals surface area contributed by atoms with Gasteiger partial charge in [-0.25, -0.2) is 9.59 Å². The van der Waals surface area contributed by atoms with Gasteiger partial charge in [-0.05, 0) is 55.5 Å². The third-order valence-electron chi connectivity index (χ3n) is 7.77. The van der Waals surface area contributed by atoms with Gasteiger partial charge in [0.15, 0.2) is 0 Å². The lowest BCUT2D eigenvalue weighted by atomic mass is 10.1. The van der Waals surface area contributed by atoms with E-state index in [9.17, 15) is 27.6 Å². The fourth-order valence-electron chi connectivity index (χ4n) is 5.49. The van der Waals surface area contributed by atoms with Crippen LogP contribution in [0.4, 0.5) is 23.8 Å². The maximum absolute atomic E-state index is 13.7. The van der Waals surface area contributed by atoms with Gasteiger partial charge in [0.25, 0.3) is 0 Å². The van der Waals surface area contributed by atoms with Crippen molar-refractivity contribution < 1.29 is 22.8 Å². The molecule has 1 saturated carbocycles. The van der Waals surface area contributed by atoms with E-state index >= 15 is 0 Å². The molecule has 3 amide bonds. The normalized spacial score (nSPS) is 23.2. The molecule has 216 valence electrons. The summed E-state index contributed by atoms with van der Waals surface area (Å²) in [5.74, 6) is 0.540. The van der Waals surface area contributed by atoms with Crippen molar-refractivity contribution in [1.29, 1.82) is 0 Å². The van der Waals surface area contributed by atoms with E-state index in [1.807, 2.05) is 0 Å². The highest BCUT2D eigenvalue weighted by Gasteiger charge is 2.53. The summed E-state index contributed by atoms with van der Waals surface area (Å²) in [4.78, 5) is 46.9. The van der Waals surface area contributed by atoms with Gasteiger partial charge in [-0.1, -0.05) is 0 Å². The van der Waals surface area contributed by atoms with Crippen LogP contribution in [0.3, 0.4) is 0 Å². The van der Waals surface area contributed by atoms with Gasteiger partial charge >= 0.3 is 17.9 Å². The number of amides is 3. The molecular formula is C26H33F3N8O3. The molecule has 0 spiro atoms. The maximum Gasteiger partial charge on any atom is 0.416 e. The molecule has 2 saturated heterocycles. The third-order valence-corrected chi connectivity index (χ3v) is 7.77. The molecule has 2 aromatic rings. The predicted molar refractivity (Wildman–Crippen MR) is 141 cm³/mol. The molecule has 1 aromatic heterocycles. The van der Waals surface area contributed by atoms with E-state index in [0.717, 1.165) is 29.8 Å². The van der Waals surface area contributed by atoms with Gasteiger partial charge in [-0.2, -0.15) is 18.2 Å². The number of likely N-dealkylation sites (tertiary alicyclic amines) is 1. The number of hydrogen-bond acceptors (Lipinski definition) is 7. The van der Waals surface area contributed by atoms with Crippen molar-refractivity contribution in [2.45, 2.75) is 38.1 Å². The second-order valence-corrected chi connectivity index (χ2v) is 11.4. The minimum Gasteiger partial charge on any atom is -0.338 e. The van der Waals surface area contributed by atoms with Crippen LogP contribution < -0.4 is 22.5 Å².